The van der Waals surface area contributed by atoms with Crippen LogP contribution in [0.4, 0.5) is 0 Å². The van der Waals surface area contributed by atoms with Crippen LogP contribution in [0, 0.1) is 6.92 Å². The molecular formula is C23H24N2O4. The second kappa shape index (κ2) is 7.19. The number of nitrogens with one attached hydrogen (secondary N) is 1. The first-order valence-corrected chi connectivity index (χ1v) is 10.2. The molecule has 3 heterocycles. The number of piperidine rings is 1. The van der Waals surface area contributed by atoms with Gasteiger partial charge in [0.25, 0.3) is 5.91 Å². The monoisotopic (exact) mass is 392 g/mol. The van der Waals surface area contributed by atoms with E-state index in [4.69, 9.17) is 9.15 Å². The van der Waals surface area contributed by atoms with Crippen LogP contribution in [0.5, 0.6) is 0 Å². The molecule has 5 rings (SSSR count). The zero-order valence-electron chi connectivity index (χ0n) is 16.4. The number of carbonyl (C=O) groups excluding carboxylic acids is 2. The smallest absolute Gasteiger partial charge is 0.323 e. The van der Waals surface area contributed by atoms with E-state index < -0.39 is 0 Å². The third kappa shape index (κ3) is 3.17. The third-order valence-electron chi connectivity index (χ3n) is 6.25. The van der Waals surface area contributed by atoms with E-state index >= 15 is 0 Å². The zero-order chi connectivity index (χ0) is 20.0. The molecule has 2 aliphatic rings. The Morgan fingerprint density at radius 3 is 2.62 bits per heavy atom. The number of amides is 1. The van der Waals surface area contributed by atoms with E-state index in [-0.39, 0.29) is 24.0 Å². The number of likely N-dealkylation sites (tertiary alicyclic amines) is 1. The quantitative estimate of drug-likeness (QED) is 0.692. The summed E-state index contributed by atoms with van der Waals surface area (Å²) in [5.74, 6) is 0.109. The fraction of sp³-hybridized carbons (Fsp3) is 0.391. The lowest BCUT2D eigenvalue weighted by Gasteiger charge is -2.34. The molecule has 3 aromatic rings. The highest BCUT2D eigenvalue weighted by atomic mass is 16.5. The standard InChI is InChI=1S/C23H24N2O4/c1-14-17-7-6-15-4-2-3-5-18(15)21(17)29-20(14)22(26)24-16-8-11-25(12-9-16)19-10-13-28-23(19)27/h2-7,16,19H,8-13H2,1H3,(H,24,26)/t19-/m1/s1. The number of hydrogen-bond donors (Lipinski definition) is 1. The van der Waals surface area contributed by atoms with Gasteiger partial charge in [0.1, 0.15) is 11.6 Å². The van der Waals surface area contributed by atoms with Crippen molar-refractivity contribution in [1.29, 1.82) is 0 Å². The molecule has 0 aliphatic carbocycles. The summed E-state index contributed by atoms with van der Waals surface area (Å²) in [6.45, 7) is 4.02. The van der Waals surface area contributed by atoms with Crippen LogP contribution in [0.25, 0.3) is 21.7 Å². The van der Waals surface area contributed by atoms with Gasteiger partial charge in [0.2, 0.25) is 0 Å². The zero-order valence-corrected chi connectivity index (χ0v) is 16.4. The molecule has 6 nitrogen and oxygen atoms in total. The van der Waals surface area contributed by atoms with Crippen LogP contribution in [0.15, 0.2) is 40.8 Å². The molecule has 2 saturated heterocycles. The lowest BCUT2D eigenvalue weighted by atomic mass is 10.0. The molecule has 150 valence electrons. The van der Waals surface area contributed by atoms with Gasteiger partial charge in [-0.15, -0.1) is 0 Å². The van der Waals surface area contributed by atoms with Crippen molar-refractivity contribution in [2.75, 3.05) is 19.7 Å². The second-order valence-corrected chi connectivity index (χ2v) is 7.98. The lowest BCUT2D eigenvalue weighted by molar-refractivity contribution is -0.142. The maximum absolute atomic E-state index is 12.9. The van der Waals surface area contributed by atoms with Crippen molar-refractivity contribution in [2.24, 2.45) is 0 Å². The Hall–Kier alpha value is -2.86. The van der Waals surface area contributed by atoms with E-state index in [0.717, 1.165) is 59.7 Å². The van der Waals surface area contributed by atoms with E-state index in [1.54, 1.807) is 0 Å². The number of furan rings is 1. The largest absolute Gasteiger partial charge is 0.464 e. The molecule has 1 amide bonds. The molecule has 29 heavy (non-hydrogen) atoms. The molecule has 1 aromatic heterocycles. The van der Waals surface area contributed by atoms with E-state index in [1.807, 2.05) is 37.3 Å². The normalized spacial score (nSPS) is 21.0. The first-order valence-electron chi connectivity index (χ1n) is 10.2. The number of carbonyl (C=O) groups is 2. The molecule has 0 spiro atoms. The highest BCUT2D eigenvalue weighted by Gasteiger charge is 2.35. The molecule has 1 N–H and O–H groups in total. The SMILES string of the molecule is Cc1c(C(=O)NC2CCN([C@@H]3CCOC3=O)CC2)oc2c1ccc1ccccc12. The van der Waals surface area contributed by atoms with Crippen molar-refractivity contribution in [3.05, 3.63) is 47.7 Å². The fourth-order valence-electron chi connectivity index (χ4n) is 4.59. The fourth-order valence-corrected chi connectivity index (χ4v) is 4.59. The van der Waals surface area contributed by atoms with E-state index in [9.17, 15) is 9.59 Å². The number of fused-ring (bicyclic) bond motifs is 3. The Bertz CT molecular complexity index is 1090. The van der Waals surface area contributed by atoms with Gasteiger partial charge in [-0.2, -0.15) is 0 Å². The van der Waals surface area contributed by atoms with Crippen molar-refractivity contribution >= 4 is 33.6 Å². The highest BCUT2D eigenvalue weighted by Crippen LogP contribution is 2.32. The summed E-state index contributed by atoms with van der Waals surface area (Å²) >= 11 is 0. The number of aryl methyl sites for hydroxylation is 1. The predicted octanol–water partition coefficient (Wildman–Crippen LogP) is 3.40. The van der Waals surface area contributed by atoms with Crippen molar-refractivity contribution in [1.82, 2.24) is 10.2 Å². The number of benzene rings is 2. The van der Waals surface area contributed by atoms with Crippen LogP contribution < -0.4 is 5.32 Å². The highest BCUT2D eigenvalue weighted by molar-refractivity contribution is 6.08. The first-order chi connectivity index (χ1) is 14.1. The van der Waals surface area contributed by atoms with Crippen molar-refractivity contribution in [2.45, 2.75) is 38.3 Å². The van der Waals surface area contributed by atoms with Crippen LogP contribution in [-0.2, 0) is 9.53 Å². The van der Waals surface area contributed by atoms with Crippen molar-refractivity contribution < 1.29 is 18.7 Å². The molecule has 2 fully saturated rings. The average molecular weight is 392 g/mol. The Balaban J connectivity index is 1.31. The summed E-state index contributed by atoms with van der Waals surface area (Å²) in [6.07, 6.45) is 2.40. The molecule has 2 aliphatic heterocycles. The summed E-state index contributed by atoms with van der Waals surface area (Å²) in [7, 11) is 0. The minimum absolute atomic E-state index is 0.0838. The summed E-state index contributed by atoms with van der Waals surface area (Å²) in [5, 5.41) is 6.22. The third-order valence-corrected chi connectivity index (χ3v) is 6.25. The minimum atomic E-state index is -0.165. The van der Waals surface area contributed by atoms with Gasteiger partial charge in [-0.1, -0.05) is 36.4 Å². The number of hydrogen-bond acceptors (Lipinski definition) is 5. The summed E-state index contributed by atoms with van der Waals surface area (Å²) in [5.41, 5.74) is 1.63. The van der Waals surface area contributed by atoms with Gasteiger partial charge < -0.3 is 14.5 Å². The number of rotatable bonds is 3. The van der Waals surface area contributed by atoms with Crippen LogP contribution in [0.2, 0.25) is 0 Å². The van der Waals surface area contributed by atoms with Crippen LogP contribution >= 0.6 is 0 Å². The second-order valence-electron chi connectivity index (χ2n) is 7.98. The van der Waals surface area contributed by atoms with Crippen molar-refractivity contribution in [3.63, 3.8) is 0 Å². The molecule has 6 heteroatoms. The lowest BCUT2D eigenvalue weighted by Crippen LogP contribution is -2.49. The molecule has 2 aromatic carbocycles. The molecular weight excluding hydrogens is 368 g/mol. The molecule has 0 saturated carbocycles. The van der Waals surface area contributed by atoms with E-state index in [1.165, 1.54) is 0 Å². The minimum Gasteiger partial charge on any atom is -0.464 e. The topological polar surface area (TPSA) is 71.8 Å². The molecule has 0 unspecified atom stereocenters. The van der Waals surface area contributed by atoms with Crippen LogP contribution in [-0.4, -0.2) is 48.6 Å². The number of nitrogens with zero attached hydrogens (tertiary/aromatic N) is 1. The number of ether oxygens (including phenoxy) is 1. The van der Waals surface area contributed by atoms with Gasteiger partial charge in [0, 0.05) is 41.9 Å². The summed E-state index contributed by atoms with van der Waals surface area (Å²) in [4.78, 5) is 26.9. The maximum Gasteiger partial charge on any atom is 0.323 e. The predicted molar refractivity (Wildman–Crippen MR) is 110 cm³/mol. The maximum atomic E-state index is 12.9. The van der Waals surface area contributed by atoms with Gasteiger partial charge in [-0.25, -0.2) is 0 Å². The van der Waals surface area contributed by atoms with E-state index in [0.29, 0.717) is 12.4 Å². The van der Waals surface area contributed by atoms with Gasteiger partial charge in [-0.05, 0) is 25.2 Å². The van der Waals surface area contributed by atoms with Crippen LogP contribution in [0.3, 0.4) is 0 Å². The van der Waals surface area contributed by atoms with Gasteiger partial charge in [-0.3, -0.25) is 14.5 Å². The Labute approximate surface area is 168 Å². The van der Waals surface area contributed by atoms with E-state index in [2.05, 4.69) is 16.3 Å². The summed E-state index contributed by atoms with van der Waals surface area (Å²) < 4.78 is 11.1. The molecule has 1 atom stereocenters. The first kappa shape index (κ1) is 18.2. The Morgan fingerprint density at radius 1 is 1.07 bits per heavy atom. The molecule has 0 bridgehead atoms. The van der Waals surface area contributed by atoms with Gasteiger partial charge >= 0.3 is 5.97 Å². The Kier molecular flexibility index (Phi) is 4.51. The number of esters is 1. The summed E-state index contributed by atoms with van der Waals surface area (Å²) in [6, 6.07) is 12.1. The average Bonchev–Trinajstić information content (AvgIpc) is 3.32. The number of cyclic esters (lactones) is 1. The van der Waals surface area contributed by atoms with Gasteiger partial charge in [0.05, 0.1) is 6.61 Å². The van der Waals surface area contributed by atoms with Crippen LogP contribution in [0.1, 0.15) is 35.4 Å². The Morgan fingerprint density at radius 2 is 1.86 bits per heavy atom. The van der Waals surface area contributed by atoms with Gasteiger partial charge in [0.15, 0.2) is 5.76 Å². The molecule has 0 radical (unpaired) electrons. The van der Waals surface area contributed by atoms with Crippen molar-refractivity contribution in [3.8, 4) is 0 Å².